The molecule has 1 aliphatic heterocycles. The van der Waals surface area contributed by atoms with Gasteiger partial charge in [-0.15, -0.1) is 16.4 Å². The SMILES string of the molecule is Cc1sc(-n2cnnn2)c(C(=O)Nc2ccc(N3CCCCS3(=O)=O)cc2)c1C. The monoisotopic (exact) mass is 432 g/mol. The number of sulfonamides is 1. The Hall–Kier alpha value is -2.79. The van der Waals surface area contributed by atoms with Gasteiger partial charge in [0.25, 0.3) is 5.91 Å². The number of nitrogens with zero attached hydrogens (tertiary/aromatic N) is 5. The summed E-state index contributed by atoms with van der Waals surface area (Å²) in [6.07, 6.45) is 2.99. The molecule has 0 bridgehead atoms. The van der Waals surface area contributed by atoms with Gasteiger partial charge >= 0.3 is 0 Å². The lowest BCUT2D eigenvalue weighted by Crippen LogP contribution is -2.37. The minimum absolute atomic E-state index is 0.169. The Bertz CT molecular complexity index is 1140. The van der Waals surface area contributed by atoms with Gasteiger partial charge in [-0.1, -0.05) is 0 Å². The normalized spacial score (nSPS) is 16.0. The molecule has 1 saturated heterocycles. The number of rotatable bonds is 4. The van der Waals surface area contributed by atoms with E-state index < -0.39 is 10.0 Å². The van der Waals surface area contributed by atoms with Crippen molar-refractivity contribution in [3.8, 4) is 5.00 Å². The largest absolute Gasteiger partial charge is 0.322 e. The van der Waals surface area contributed by atoms with Crippen LogP contribution in [0.3, 0.4) is 0 Å². The summed E-state index contributed by atoms with van der Waals surface area (Å²) in [6.45, 7) is 4.31. The van der Waals surface area contributed by atoms with Crippen molar-refractivity contribution in [1.29, 1.82) is 0 Å². The van der Waals surface area contributed by atoms with Gasteiger partial charge in [0.1, 0.15) is 11.3 Å². The van der Waals surface area contributed by atoms with E-state index in [0.29, 0.717) is 34.9 Å². The summed E-state index contributed by atoms with van der Waals surface area (Å²) in [7, 11) is -3.26. The Morgan fingerprint density at radius 2 is 1.93 bits per heavy atom. The summed E-state index contributed by atoms with van der Waals surface area (Å²) in [5, 5.41) is 14.7. The molecule has 4 rings (SSSR count). The molecule has 152 valence electrons. The van der Waals surface area contributed by atoms with E-state index in [1.165, 1.54) is 26.7 Å². The maximum absolute atomic E-state index is 13.0. The fourth-order valence-electron chi connectivity index (χ4n) is 3.28. The van der Waals surface area contributed by atoms with Crippen LogP contribution in [0.15, 0.2) is 30.6 Å². The number of aromatic nitrogens is 4. The van der Waals surface area contributed by atoms with Crippen LogP contribution in [0.5, 0.6) is 0 Å². The molecule has 2 aromatic heterocycles. The van der Waals surface area contributed by atoms with Gasteiger partial charge in [-0.3, -0.25) is 9.10 Å². The number of hydrogen-bond acceptors (Lipinski definition) is 7. The van der Waals surface area contributed by atoms with Crippen molar-refractivity contribution < 1.29 is 13.2 Å². The number of benzene rings is 1. The second-order valence-electron chi connectivity index (χ2n) is 6.81. The molecule has 11 heteroatoms. The number of tetrazole rings is 1. The number of carbonyl (C=O) groups is 1. The summed E-state index contributed by atoms with van der Waals surface area (Å²) in [5.41, 5.74) is 2.58. The minimum atomic E-state index is -3.26. The van der Waals surface area contributed by atoms with Crippen molar-refractivity contribution >= 4 is 38.6 Å². The summed E-state index contributed by atoms with van der Waals surface area (Å²) in [6, 6.07) is 6.85. The second kappa shape index (κ2) is 7.56. The predicted octanol–water partition coefficient (Wildman–Crippen LogP) is 2.52. The topological polar surface area (TPSA) is 110 Å². The van der Waals surface area contributed by atoms with Crippen LogP contribution in [0.1, 0.15) is 33.6 Å². The van der Waals surface area contributed by atoms with Gasteiger partial charge in [0.2, 0.25) is 10.0 Å². The molecular weight excluding hydrogens is 412 g/mol. The molecule has 1 aromatic carbocycles. The van der Waals surface area contributed by atoms with Gasteiger partial charge in [0, 0.05) is 17.1 Å². The summed E-state index contributed by atoms with van der Waals surface area (Å²) in [5.74, 6) is -0.0990. The molecule has 1 amide bonds. The maximum Gasteiger partial charge on any atom is 0.259 e. The van der Waals surface area contributed by atoms with Crippen LogP contribution >= 0.6 is 11.3 Å². The maximum atomic E-state index is 13.0. The zero-order valence-corrected chi connectivity index (χ0v) is 17.6. The molecule has 0 atom stereocenters. The van der Waals surface area contributed by atoms with E-state index >= 15 is 0 Å². The van der Waals surface area contributed by atoms with Gasteiger partial charge in [0.05, 0.1) is 17.0 Å². The van der Waals surface area contributed by atoms with Gasteiger partial charge in [-0.25, -0.2) is 8.42 Å². The molecule has 3 heterocycles. The molecule has 3 aromatic rings. The highest BCUT2D eigenvalue weighted by atomic mass is 32.2. The molecule has 9 nitrogen and oxygen atoms in total. The Morgan fingerprint density at radius 1 is 1.17 bits per heavy atom. The van der Waals surface area contributed by atoms with E-state index in [0.717, 1.165) is 16.9 Å². The fourth-order valence-corrected chi connectivity index (χ4v) is 5.99. The Labute approximate surface area is 172 Å². The zero-order chi connectivity index (χ0) is 20.6. The van der Waals surface area contributed by atoms with Crippen LogP contribution in [0.25, 0.3) is 5.00 Å². The lowest BCUT2D eigenvalue weighted by molar-refractivity contribution is 0.102. The number of carbonyl (C=O) groups excluding carboxylic acids is 1. The van der Waals surface area contributed by atoms with Crippen LogP contribution in [0.4, 0.5) is 11.4 Å². The number of anilines is 2. The van der Waals surface area contributed by atoms with E-state index in [9.17, 15) is 13.2 Å². The number of amides is 1. The molecule has 1 fully saturated rings. The lowest BCUT2D eigenvalue weighted by Gasteiger charge is -2.28. The molecule has 0 unspecified atom stereocenters. The van der Waals surface area contributed by atoms with E-state index in [2.05, 4.69) is 20.8 Å². The summed E-state index contributed by atoms with van der Waals surface area (Å²) < 4.78 is 27.4. The molecule has 29 heavy (non-hydrogen) atoms. The highest BCUT2D eigenvalue weighted by molar-refractivity contribution is 7.92. The minimum Gasteiger partial charge on any atom is -0.322 e. The third-order valence-corrected chi connectivity index (χ3v) is 7.98. The highest BCUT2D eigenvalue weighted by Crippen LogP contribution is 2.31. The van der Waals surface area contributed by atoms with E-state index in [1.54, 1.807) is 24.3 Å². The van der Waals surface area contributed by atoms with Gasteiger partial charge in [0.15, 0.2) is 0 Å². The first-order chi connectivity index (χ1) is 13.9. The average molecular weight is 433 g/mol. The van der Waals surface area contributed by atoms with E-state index in [1.807, 2.05) is 13.8 Å². The van der Waals surface area contributed by atoms with Crippen LogP contribution in [-0.2, 0) is 10.0 Å². The van der Waals surface area contributed by atoms with Gasteiger partial charge in [-0.05, 0) is 66.9 Å². The summed E-state index contributed by atoms with van der Waals surface area (Å²) >= 11 is 1.44. The molecular formula is C18H20N6O3S2. The Balaban J connectivity index is 1.57. The number of aryl methyl sites for hydroxylation is 1. The number of hydrogen-bond donors (Lipinski definition) is 1. The lowest BCUT2D eigenvalue weighted by atomic mass is 10.1. The number of thiophene rings is 1. The zero-order valence-electron chi connectivity index (χ0n) is 16.0. The van der Waals surface area contributed by atoms with Crippen molar-refractivity contribution in [2.75, 3.05) is 21.9 Å². The highest BCUT2D eigenvalue weighted by Gasteiger charge is 2.26. The number of nitrogens with one attached hydrogen (secondary N) is 1. The molecule has 0 aliphatic carbocycles. The second-order valence-corrected chi connectivity index (χ2v) is 10.0. The molecule has 0 radical (unpaired) electrons. The van der Waals surface area contributed by atoms with Crippen molar-refractivity contribution in [2.45, 2.75) is 26.7 Å². The van der Waals surface area contributed by atoms with E-state index in [-0.39, 0.29) is 11.7 Å². The quantitative estimate of drug-likeness (QED) is 0.678. The van der Waals surface area contributed by atoms with Gasteiger partial charge in [-0.2, -0.15) is 4.68 Å². The van der Waals surface area contributed by atoms with Crippen molar-refractivity contribution in [3.05, 3.63) is 46.6 Å². The standard InChI is InChI=1S/C18H20N6O3S2/c1-12-13(2)28-18(23-11-19-21-22-23)16(12)17(25)20-14-5-7-15(8-6-14)24-9-3-4-10-29(24,26)27/h5-8,11H,3-4,9-10H2,1-2H3,(H,20,25). The predicted molar refractivity (Wildman–Crippen MR) is 111 cm³/mol. The van der Waals surface area contributed by atoms with Crippen LogP contribution < -0.4 is 9.62 Å². The third-order valence-electron chi connectivity index (χ3n) is 4.91. The smallest absolute Gasteiger partial charge is 0.259 e. The third kappa shape index (κ3) is 3.75. The fraction of sp³-hybridized carbons (Fsp3) is 0.333. The van der Waals surface area contributed by atoms with E-state index in [4.69, 9.17) is 0 Å². The molecule has 1 N–H and O–H groups in total. The van der Waals surface area contributed by atoms with Crippen LogP contribution in [-0.4, -0.2) is 46.8 Å². The molecule has 0 spiro atoms. The van der Waals surface area contributed by atoms with Gasteiger partial charge < -0.3 is 5.32 Å². The van der Waals surface area contributed by atoms with Crippen LogP contribution in [0.2, 0.25) is 0 Å². The Kier molecular flexibility index (Phi) is 5.09. The first-order valence-corrected chi connectivity index (χ1v) is 11.5. The first kappa shape index (κ1) is 19.5. The van der Waals surface area contributed by atoms with Crippen molar-refractivity contribution in [1.82, 2.24) is 20.2 Å². The van der Waals surface area contributed by atoms with Crippen molar-refractivity contribution in [3.63, 3.8) is 0 Å². The molecule has 1 aliphatic rings. The van der Waals surface area contributed by atoms with Crippen molar-refractivity contribution in [2.24, 2.45) is 0 Å². The van der Waals surface area contributed by atoms with Crippen LogP contribution in [0, 0.1) is 13.8 Å². The first-order valence-electron chi connectivity index (χ1n) is 9.12. The Morgan fingerprint density at radius 3 is 2.59 bits per heavy atom. The molecule has 0 saturated carbocycles. The summed E-state index contributed by atoms with van der Waals surface area (Å²) in [4.78, 5) is 14.0. The average Bonchev–Trinajstić information content (AvgIpc) is 3.31.